The molecule has 1 aromatic carbocycles. The number of amides is 3. The highest BCUT2D eigenvalue weighted by Crippen LogP contribution is 2.27. The van der Waals surface area contributed by atoms with Gasteiger partial charge in [-0.1, -0.05) is 25.6 Å². The van der Waals surface area contributed by atoms with Crippen LogP contribution < -0.4 is 10.6 Å². The highest BCUT2D eigenvalue weighted by molar-refractivity contribution is 7.99. The summed E-state index contributed by atoms with van der Waals surface area (Å²) in [5, 5.41) is 5.37. The molecule has 3 amide bonds. The lowest BCUT2D eigenvalue weighted by atomic mass is 10.3. The summed E-state index contributed by atoms with van der Waals surface area (Å²) in [6.07, 6.45) is 1.50. The molecule has 10 nitrogen and oxygen atoms in total. The first kappa shape index (κ1) is 24.8. The van der Waals surface area contributed by atoms with Gasteiger partial charge in [-0.25, -0.2) is 18.2 Å². The molecule has 33 heavy (non-hydrogen) atoms. The number of benzene rings is 1. The number of rotatable bonds is 10. The summed E-state index contributed by atoms with van der Waals surface area (Å²) >= 11 is 1.17. The van der Waals surface area contributed by atoms with Gasteiger partial charge in [-0.3, -0.25) is 10.1 Å². The van der Waals surface area contributed by atoms with E-state index in [1.165, 1.54) is 22.3 Å². The van der Waals surface area contributed by atoms with E-state index in [-0.39, 0.29) is 17.2 Å². The fourth-order valence-electron chi connectivity index (χ4n) is 3.29. The molecule has 0 aliphatic rings. The Morgan fingerprint density at radius 3 is 2.58 bits per heavy atom. The fourth-order valence-corrected chi connectivity index (χ4v) is 5.65. The van der Waals surface area contributed by atoms with Gasteiger partial charge in [0.15, 0.2) is 5.16 Å². The molecule has 0 bridgehead atoms. The third-order valence-electron chi connectivity index (χ3n) is 4.93. The number of hydrogen-bond acceptors (Lipinski definition) is 7. The molecule has 0 aliphatic heterocycles. The van der Waals surface area contributed by atoms with Gasteiger partial charge in [-0.05, 0) is 37.3 Å². The van der Waals surface area contributed by atoms with Gasteiger partial charge in [0.2, 0.25) is 15.9 Å². The van der Waals surface area contributed by atoms with Crippen molar-refractivity contribution in [1.82, 2.24) is 24.5 Å². The molecule has 0 radical (unpaired) electrons. The van der Waals surface area contributed by atoms with Crippen molar-refractivity contribution in [2.24, 2.45) is 0 Å². The lowest BCUT2D eigenvalue weighted by molar-refractivity contribution is -0.117. The minimum absolute atomic E-state index is 0.0257. The number of hydrogen-bond donors (Lipinski definition) is 2. The second-order valence-corrected chi connectivity index (χ2v) is 9.86. The number of furan rings is 1. The Bertz CT molecular complexity index is 1220. The number of imidazole rings is 1. The molecule has 3 rings (SSSR count). The number of nitrogens with zero attached hydrogens (tertiary/aromatic N) is 3. The van der Waals surface area contributed by atoms with E-state index in [1.807, 2.05) is 11.5 Å². The zero-order valence-electron chi connectivity index (χ0n) is 18.7. The van der Waals surface area contributed by atoms with Crippen molar-refractivity contribution >= 4 is 44.8 Å². The van der Waals surface area contributed by atoms with Crippen LogP contribution in [-0.4, -0.2) is 53.1 Å². The molecule has 0 atom stereocenters. The van der Waals surface area contributed by atoms with E-state index in [0.717, 1.165) is 5.52 Å². The minimum Gasteiger partial charge on any atom is -0.467 e. The summed E-state index contributed by atoms with van der Waals surface area (Å²) in [7, 11) is -3.60. The third-order valence-corrected chi connectivity index (χ3v) is 7.95. The molecule has 0 fully saturated rings. The quantitative estimate of drug-likeness (QED) is 0.416. The van der Waals surface area contributed by atoms with Crippen LogP contribution in [0.4, 0.5) is 4.79 Å². The van der Waals surface area contributed by atoms with Crippen molar-refractivity contribution < 1.29 is 22.4 Å². The Hall–Kier alpha value is -2.83. The maximum absolute atomic E-state index is 12.8. The maximum Gasteiger partial charge on any atom is 0.321 e. The van der Waals surface area contributed by atoms with Crippen molar-refractivity contribution in [1.29, 1.82) is 0 Å². The van der Waals surface area contributed by atoms with E-state index in [2.05, 4.69) is 15.6 Å². The summed E-state index contributed by atoms with van der Waals surface area (Å²) in [5.41, 5.74) is 1.30. The Balaban J connectivity index is 1.68. The third kappa shape index (κ3) is 5.75. The second kappa shape index (κ2) is 10.9. The van der Waals surface area contributed by atoms with Gasteiger partial charge in [0.25, 0.3) is 0 Å². The Morgan fingerprint density at radius 2 is 1.94 bits per heavy atom. The first-order chi connectivity index (χ1) is 15.8. The predicted octanol–water partition coefficient (Wildman–Crippen LogP) is 2.80. The van der Waals surface area contributed by atoms with Gasteiger partial charge >= 0.3 is 6.03 Å². The summed E-state index contributed by atoms with van der Waals surface area (Å²) in [6, 6.07) is 7.67. The lowest BCUT2D eigenvalue weighted by Gasteiger charge is -2.18. The van der Waals surface area contributed by atoms with E-state index in [4.69, 9.17) is 4.42 Å². The van der Waals surface area contributed by atoms with E-state index in [9.17, 15) is 18.0 Å². The standard InChI is InChI=1S/C21H27N5O5S2/c1-4-25(5-2)33(29,30)16-9-10-18-17(12-16)23-21(26(18)6-3)32-14-19(27)24-20(28)22-13-15-8-7-11-31-15/h7-12H,4-6,13-14H2,1-3H3,(H2,22,24,27,28). The van der Waals surface area contributed by atoms with E-state index in [1.54, 1.807) is 44.2 Å². The number of imide groups is 1. The van der Waals surface area contributed by atoms with Gasteiger partial charge in [-0.2, -0.15) is 4.31 Å². The number of carbonyl (C=O) groups excluding carboxylic acids is 2. The molecular formula is C21H27N5O5S2. The lowest BCUT2D eigenvalue weighted by Crippen LogP contribution is -2.39. The predicted molar refractivity (Wildman–Crippen MR) is 125 cm³/mol. The summed E-state index contributed by atoms with van der Waals surface area (Å²) < 4.78 is 34.1. The van der Waals surface area contributed by atoms with Crippen molar-refractivity contribution in [3.05, 3.63) is 42.4 Å². The number of thioether (sulfide) groups is 1. The average Bonchev–Trinajstić information content (AvgIpc) is 3.43. The minimum atomic E-state index is -3.60. The van der Waals surface area contributed by atoms with Crippen molar-refractivity contribution in [3.8, 4) is 0 Å². The number of sulfonamides is 1. The molecule has 12 heteroatoms. The van der Waals surface area contributed by atoms with Gasteiger partial charge < -0.3 is 14.3 Å². The second-order valence-electron chi connectivity index (χ2n) is 6.98. The van der Waals surface area contributed by atoms with Crippen LogP contribution in [0.25, 0.3) is 11.0 Å². The van der Waals surface area contributed by atoms with Crippen molar-refractivity contribution in [2.75, 3.05) is 18.8 Å². The molecule has 2 heterocycles. The van der Waals surface area contributed by atoms with Crippen LogP contribution in [0.15, 0.2) is 51.1 Å². The van der Waals surface area contributed by atoms with Gasteiger partial charge in [-0.15, -0.1) is 0 Å². The zero-order valence-corrected chi connectivity index (χ0v) is 20.3. The number of carbonyl (C=O) groups is 2. The van der Waals surface area contributed by atoms with E-state index >= 15 is 0 Å². The number of fused-ring (bicyclic) bond motifs is 1. The summed E-state index contributed by atoms with van der Waals surface area (Å²) in [6.45, 7) is 7.05. The van der Waals surface area contributed by atoms with Gasteiger partial charge in [0, 0.05) is 19.6 Å². The van der Waals surface area contributed by atoms with Crippen LogP contribution in [0.3, 0.4) is 0 Å². The highest BCUT2D eigenvalue weighted by Gasteiger charge is 2.23. The molecular weight excluding hydrogens is 466 g/mol. The van der Waals surface area contributed by atoms with E-state index < -0.39 is 22.0 Å². The zero-order chi connectivity index (χ0) is 24.0. The van der Waals surface area contributed by atoms with Crippen LogP contribution in [0.1, 0.15) is 26.5 Å². The molecule has 2 aromatic heterocycles. The first-order valence-electron chi connectivity index (χ1n) is 10.5. The average molecular weight is 494 g/mol. The van der Waals surface area contributed by atoms with Crippen molar-refractivity contribution in [2.45, 2.75) is 43.9 Å². The smallest absolute Gasteiger partial charge is 0.321 e. The SMILES string of the molecule is CCN(CC)S(=O)(=O)c1ccc2c(c1)nc(SCC(=O)NC(=O)NCc1ccco1)n2CC. The Morgan fingerprint density at radius 1 is 1.18 bits per heavy atom. The number of aromatic nitrogens is 2. The van der Waals surface area contributed by atoms with E-state index in [0.29, 0.717) is 36.1 Å². The van der Waals surface area contributed by atoms with Gasteiger partial charge in [0.05, 0.1) is 34.5 Å². The Kier molecular flexibility index (Phi) is 8.16. The first-order valence-corrected chi connectivity index (χ1v) is 13.0. The van der Waals surface area contributed by atoms with Crippen molar-refractivity contribution in [3.63, 3.8) is 0 Å². The van der Waals surface area contributed by atoms with Crippen LogP contribution in [0.2, 0.25) is 0 Å². The Labute approximate surface area is 196 Å². The molecule has 0 unspecified atom stereocenters. The summed E-state index contributed by atoms with van der Waals surface area (Å²) in [5.74, 6) is 0.0738. The number of urea groups is 1. The fraction of sp³-hybridized carbons (Fsp3) is 0.381. The van der Waals surface area contributed by atoms with Crippen LogP contribution in [-0.2, 0) is 27.9 Å². The molecule has 0 spiro atoms. The van der Waals surface area contributed by atoms with Gasteiger partial charge in [0.1, 0.15) is 5.76 Å². The van der Waals surface area contributed by atoms with Crippen LogP contribution in [0, 0.1) is 0 Å². The van der Waals surface area contributed by atoms with Crippen LogP contribution >= 0.6 is 11.8 Å². The molecule has 0 saturated heterocycles. The molecule has 2 N–H and O–H groups in total. The summed E-state index contributed by atoms with van der Waals surface area (Å²) in [4.78, 5) is 28.8. The number of nitrogens with one attached hydrogen (secondary N) is 2. The molecule has 178 valence electrons. The monoisotopic (exact) mass is 493 g/mol. The molecule has 0 aliphatic carbocycles. The topological polar surface area (TPSA) is 127 Å². The normalized spacial score (nSPS) is 11.8. The molecule has 0 saturated carbocycles. The molecule has 3 aromatic rings. The maximum atomic E-state index is 12.8. The number of aryl methyl sites for hydroxylation is 1. The highest BCUT2D eigenvalue weighted by atomic mass is 32.2. The van der Waals surface area contributed by atoms with Crippen LogP contribution in [0.5, 0.6) is 0 Å². The largest absolute Gasteiger partial charge is 0.467 e.